The van der Waals surface area contributed by atoms with E-state index in [1.807, 2.05) is 12.1 Å². The lowest BCUT2D eigenvalue weighted by atomic mass is 9.75. The molecular weight excluding hydrogens is 269 g/mol. The first-order valence-electron chi connectivity index (χ1n) is 5.80. The molecule has 0 N–H and O–H groups in total. The number of anilines is 1. The maximum Gasteiger partial charge on any atom is 0.137 e. The average molecular weight is 286 g/mol. The number of nitrogens with zero attached hydrogens (tertiary/aromatic N) is 1. The van der Waals surface area contributed by atoms with E-state index in [1.54, 1.807) is 0 Å². The molecule has 0 amide bonds. The number of rotatable bonds is 3. The Morgan fingerprint density at radius 3 is 2.44 bits per heavy atom. The fraction of sp³-hybridized carbons (Fsp3) is 0.538. The molecule has 0 saturated carbocycles. The van der Waals surface area contributed by atoms with E-state index in [0.717, 1.165) is 18.8 Å². The van der Waals surface area contributed by atoms with Gasteiger partial charge in [0.1, 0.15) is 5.82 Å². The average Bonchev–Trinajstić information content (AvgIpc) is 2.23. The smallest absolute Gasteiger partial charge is 0.137 e. The van der Waals surface area contributed by atoms with Crippen LogP contribution in [0, 0.1) is 11.2 Å². The molecule has 1 aromatic carbocycles. The SMILES string of the molecule is CCC1(CC)CN(c2ccc(F)c(Br)c2)C1. The van der Waals surface area contributed by atoms with E-state index in [2.05, 4.69) is 34.7 Å². The summed E-state index contributed by atoms with van der Waals surface area (Å²) in [4.78, 5) is 2.32. The van der Waals surface area contributed by atoms with Crippen LogP contribution in [0.4, 0.5) is 10.1 Å². The topological polar surface area (TPSA) is 3.24 Å². The molecule has 1 aliphatic rings. The molecule has 16 heavy (non-hydrogen) atoms. The van der Waals surface area contributed by atoms with Crippen LogP contribution in [0.3, 0.4) is 0 Å². The van der Waals surface area contributed by atoms with Gasteiger partial charge in [0.25, 0.3) is 0 Å². The summed E-state index contributed by atoms with van der Waals surface area (Å²) in [7, 11) is 0. The van der Waals surface area contributed by atoms with E-state index in [1.165, 1.54) is 18.9 Å². The Balaban J connectivity index is 2.09. The third-order valence-electron chi connectivity index (χ3n) is 3.82. The Morgan fingerprint density at radius 2 is 1.94 bits per heavy atom. The highest BCUT2D eigenvalue weighted by Gasteiger charge is 2.39. The van der Waals surface area contributed by atoms with Crippen LogP contribution in [0.5, 0.6) is 0 Å². The Hall–Kier alpha value is -0.570. The van der Waals surface area contributed by atoms with Crippen molar-refractivity contribution >= 4 is 21.6 Å². The fourth-order valence-corrected chi connectivity index (χ4v) is 2.69. The maximum absolute atomic E-state index is 13.1. The summed E-state index contributed by atoms with van der Waals surface area (Å²) >= 11 is 3.23. The molecule has 2 rings (SSSR count). The summed E-state index contributed by atoms with van der Waals surface area (Å²) in [5.74, 6) is -0.193. The zero-order valence-electron chi connectivity index (χ0n) is 9.76. The van der Waals surface area contributed by atoms with Crippen molar-refractivity contribution in [2.75, 3.05) is 18.0 Å². The van der Waals surface area contributed by atoms with E-state index >= 15 is 0 Å². The number of hydrogen-bond acceptors (Lipinski definition) is 1. The molecule has 0 aliphatic carbocycles. The molecule has 88 valence electrons. The van der Waals surface area contributed by atoms with E-state index < -0.39 is 0 Å². The molecule has 0 aromatic heterocycles. The lowest BCUT2D eigenvalue weighted by Crippen LogP contribution is -2.55. The van der Waals surface area contributed by atoms with Crippen molar-refractivity contribution in [2.24, 2.45) is 5.41 Å². The molecule has 1 nitrogen and oxygen atoms in total. The minimum atomic E-state index is -0.193. The lowest BCUT2D eigenvalue weighted by Gasteiger charge is -2.51. The van der Waals surface area contributed by atoms with Crippen LogP contribution in [-0.2, 0) is 0 Å². The first kappa shape index (κ1) is 11.9. The molecule has 0 atom stereocenters. The Bertz CT molecular complexity index is 380. The van der Waals surface area contributed by atoms with Crippen molar-refractivity contribution in [1.29, 1.82) is 0 Å². The highest BCUT2D eigenvalue weighted by atomic mass is 79.9. The van der Waals surface area contributed by atoms with Gasteiger partial charge < -0.3 is 4.90 Å². The number of halogens is 2. The van der Waals surface area contributed by atoms with E-state index in [4.69, 9.17) is 0 Å². The predicted molar refractivity (Wildman–Crippen MR) is 69.3 cm³/mol. The summed E-state index contributed by atoms with van der Waals surface area (Å²) in [5.41, 5.74) is 1.60. The van der Waals surface area contributed by atoms with Gasteiger partial charge in [-0.3, -0.25) is 0 Å². The molecular formula is C13H17BrFN. The van der Waals surface area contributed by atoms with E-state index in [0.29, 0.717) is 9.89 Å². The molecule has 1 aliphatic heterocycles. The van der Waals surface area contributed by atoms with Gasteiger partial charge in [0.05, 0.1) is 4.47 Å². The van der Waals surface area contributed by atoms with Gasteiger partial charge in [-0.25, -0.2) is 4.39 Å². The highest BCUT2D eigenvalue weighted by molar-refractivity contribution is 9.10. The summed E-state index contributed by atoms with van der Waals surface area (Å²) in [6.45, 7) is 6.69. The minimum Gasteiger partial charge on any atom is -0.370 e. The third-order valence-corrected chi connectivity index (χ3v) is 4.43. The highest BCUT2D eigenvalue weighted by Crippen LogP contribution is 2.40. The molecule has 1 heterocycles. The Kier molecular flexibility index (Phi) is 3.24. The van der Waals surface area contributed by atoms with E-state index in [-0.39, 0.29) is 5.82 Å². The Labute approximate surface area is 105 Å². The molecule has 1 saturated heterocycles. The summed E-state index contributed by atoms with van der Waals surface area (Å²) in [5, 5.41) is 0. The second-order valence-electron chi connectivity index (χ2n) is 4.66. The molecule has 0 radical (unpaired) electrons. The first-order chi connectivity index (χ1) is 7.60. The van der Waals surface area contributed by atoms with Crippen molar-refractivity contribution in [3.63, 3.8) is 0 Å². The van der Waals surface area contributed by atoms with Crippen molar-refractivity contribution in [2.45, 2.75) is 26.7 Å². The van der Waals surface area contributed by atoms with Crippen LogP contribution in [0.25, 0.3) is 0 Å². The minimum absolute atomic E-state index is 0.193. The van der Waals surface area contributed by atoms with Gasteiger partial charge in [0, 0.05) is 24.2 Å². The standard InChI is InChI=1S/C13H17BrFN/c1-3-13(4-2)8-16(9-13)10-5-6-12(15)11(14)7-10/h5-7H,3-4,8-9H2,1-2H3. The van der Waals surface area contributed by atoms with Crippen LogP contribution >= 0.6 is 15.9 Å². The summed E-state index contributed by atoms with van der Waals surface area (Å²) < 4.78 is 13.7. The van der Waals surface area contributed by atoms with Crippen LogP contribution in [-0.4, -0.2) is 13.1 Å². The van der Waals surface area contributed by atoms with Crippen molar-refractivity contribution in [1.82, 2.24) is 0 Å². The molecule has 3 heteroatoms. The van der Waals surface area contributed by atoms with Crippen molar-refractivity contribution in [3.8, 4) is 0 Å². The van der Waals surface area contributed by atoms with Crippen LogP contribution < -0.4 is 4.90 Å². The second kappa shape index (κ2) is 4.36. The van der Waals surface area contributed by atoms with Gasteiger partial charge in [0.15, 0.2) is 0 Å². The summed E-state index contributed by atoms with van der Waals surface area (Å²) in [6.07, 6.45) is 2.45. The van der Waals surface area contributed by atoms with Gasteiger partial charge in [-0.1, -0.05) is 13.8 Å². The van der Waals surface area contributed by atoms with Gasteiger partial charge in [-0.2, -0.15) is 0 Å². The quantitative estimate of drug-likeness (QED) is 0.804. The Morgan fingerprint density at radius 1 is 1.31 bits per heavy atom. The fourth-order valence-electron chi connectivity index (χ4n) is 2.32. The monoisotopic (exact) mass is 285 g/mol. The largest absolute Gasteiger partial charge is 0.370 e. The first-order valence-corrected chi connectivity index (χ1v) is 6.59. The zero-order valence-corrected chi connectivity index (χ0v) is 11.3. The third kappa shape index (κ3) is 1.97. The maximum atomic E-state index is 13.1. The number of benzene rings is 1. The molecule has 0 unspecified atom stereocenters. The van der Waals surface area contributed by atoms with Crippen LogP contribution in [0.15, 0.2) is 22.7 Å². The predicted octanol–water partition coefficient (Wildman–Crippen LogP) is 4.21. The normalized spacial score (nSPS) is 18.4. The lowest BCUT2D eigenvalue weighted by molar-refractivity contribution is 0.194. The molecule has 0 spiro atoms. The van der Waals surface area contributed by atoms with Crippen molar-refractivity contribution < 1.29 is 4.39 Å². The van der Waals surface area contributed by atoms with Crippen LogP contribution in [0.2, 0.25) is 0 Å². The van der Waals surface area contributed by atoms with E-state index in [9.17, 15) is 4.39 Å². The van der Waals surface area contributed by atoms with Crippen molar-refractivity contribution in [3.05, 3.63) is 28.5 Å². The molecule has 1 fully saturated rings. The molecule has 1 aromatic rings. The van der Waals surface area contributed by atoms with Gasteiger partial charge in [-0.15, -0.1) is 0 Å². The van der Waals surface area contributed by atoms with Gasteiger partial charge in [-0.05, 0) is 47.0 Å². The van der Waals surface area contributed by atoms with Crippen LogP contribution in [0.1, 0.15) is 26.7 Å². The summed E-state index contributed by atoms with van der Waals surface area (Å²) in [6, 6.07) is 5.25. The second-order valence-corrected chi connectivity index (χ2v) is 5.52. The molecule has 0 bridgehead atoms. The number of hydrogen-bond donors (Lipinski definition) is 0. The van der Waals surface area contributed by atoms with Gasteiger partial charge >= 0.3 is 0 Å². The zero-order chi connectivity index (χ0) is 11.8. The van der Waals surface area contributed by atoms with Gasteiger partial charge in [0.2, 0.25) is 0 Å².